The molecule has 4 aromatic rings. The maximum atomic E-state index is 13.3. The Kier molecular flexibility index (Phi) is 5.57. The number of aromatic nitrogens is 5. The van der Waals surface area contributed by atoms with Crippen molar-refractivity contribution in [1.29, 1.82) is 0 Å². The van der Waals surface area contributed by atoms with Gasteiger partial charge in [-0.15, -0.1) is 5.10 Å². The van der Waals surface area contributed by atoms with Crippen LogP contribution in [0.5, 0.6) is 0 Å². The summed E-state index contributed by atoms with van der Waals surface area (Å²) >= 11 is 0. The fourth-order valence-electron chi connectivity index (χ4n) is 4.78. The molecule has 32 heavy (non-hydrogen) atoms. The molecule has 0 aliphatic carbocycles. The minimum Gasteiger partial charge on any atom is -0.322 e. The number of nitrogens with zero attached hydrogens (tertiary/aromatic N) is 5. The van der Waals surface area contributed by atoms with Gasteiger partial charge in [0.25, 0.3) is 5.56 Å². The second-order valence-electron chi connectivity index (χ2n) is 8.97. The maximum absolute atomic E-state index is 13.3. The van der Waals surface area contributed by atoms with Gasteiger partial charge >= 0.3 is 0 Å². The van der Waals surface area contributed by atoms with E-state index >= 15 is 0 Å². The standard InChI is InChI=1S/C25H28N6O/c1-17-10-11-22-20(13-17)14-21(25(32)26-22)23(30-12-6-7-18(2)15-30)24-27-28-29-31(24)16-19-8-4-3-5-9-19/h3-5,8-11,13-14,18,23H,6-7,12,15-16H2,1-2H3,(H,26,32)/t18-,23+/m0/s1. The molecule has 5 rings (SSSR count). The lowest BCUT2D eigenvalue weighted by atomic mass is 9.95. The molecule has 0 spiro atoms. The highest BCUT2D eigenvalue weighted by Gasteiger charge is 2.32. The number of likely N-dealkylation sites (tertiary alicyclic amines) is 1. The molecule has 2 atom stereocenters. The van der Waals surface area contributed by atoms with Crippen LogP contribution in [0.4, 0.5) is 0 Å². The van der Waals surface area contributed by atoms with Crippen LogP contribution in [-0.4, -0.2) is 43.2 Å². The number of rotatable bonds is 5. The van der Waals surface area contributed by atoms with Crippen molar-refractivity contribution in [2.75, 3.05) is 13.1 Å². The summed E-state index contributed by atoms with van der Waals surface area (Å²) in [6.45, 7) is 6.72. The zero-order chi connectivity index (χ0) is 22.1. The molecule has 164 valence electrons. The molecular formula is C25H28N6O. The number of aromatic amines is 1. The molecule has 0 radical (unpaired) electrons. The van der Waals surface area contributed by atoms with Crippen molar-refractivity contribution < 1.29 is 0 Å². The first-order valence-corrected chi connectivity index (χ1v) is 11.3. The molecule has 0 amide bonds. The topological polar surface area (TPSA) is 79.7 Å². The minimum absolute atomic E-state index is 0.0844. The van der Waals surface area contributed by atoms with Crippen LogP contribution in [0.15, 0.2) is 59.4 Å². The van der Waals surface area contributed by atoms with Crippen LogP contribution in [0, 0.1) is 12.8 Å². The molecule has 0 unspecified atom stereocenters. The minimum atomic E-state index is -0.301. The van der Waals surface area contributed by atoms with Crippen molar-refractivity contribution in [3.8, 4) is 0 Å². The summed E-state index contributed by atoms with van der Waals surface area (Å²) in [6, 6.07) is 18.0. The van der Waals surface area contributed by atoms with Gasteiger partial charge in [-0.2, -0.15) is 0 Å². The summed E-state index contributed by atoms with van der Waals surface area (Å²) in [4.78, 5) is 18.7. The molecule has 1 N–H and O–H groups in total. The van der Waals surface area contributed by atoms with Crippen LogP contribution in [0.2, 0.25) is 0 Å². The number of hydrogen-bond acceptors (Lipinski definition) is 5. The molecule has 3 heterocycles. The second kappa shape index (κ2) is 8.67. The van der Waals surface area contributed by atoms with Gasteiger partial charge in [-0.25, -0.2) is 4.68 Å². The van der Waals surface area contributed by atoms with E-state index < -0.39 is 0 Å². The van der Waals surface area contributed by atoms with E-state index in [9.17, 15) is 4.79 Å². The van der Waals surface area contributed by atoms with E-state index in [0.717, 1.165) is 41.5 Å². The number of benzene rings is 2. The lowest BCUT2D eigenvalue weighted by molar-refractivity contribution is 0.141. The van der Waals surface area contributed by atoms with Gasteiger partial charge in [0.15, 0.2) is 5.82 Å². The number of H-pyrrole nitrogens is 1. The average molecular weight is 429 g/mol. The Balaban J connectivity index is 1.63. The van der Waals surface area contributed by atoms with Crippen LogP contribution in [-0.2, 0) is 6.54 Å². The fraction of sp³-hybridized carbons (Fsp3) is 0.360. The summed E-state index contributed by atoms with van der Waals surface area (Å²) in [6.07, 6.45) is 2.30. The van der Waals surface area contributed by atoms with Crippen LogP contribution in [0.25, 0.3) is 10.9 Å². The second-order valence-corrected chi connectivity index (χ2v) is 8.97. The van der Waals surface area contributed by atoms with E-state index in [1.54, 1.807) is 0 Å². The number of tetrazole rings is 1. The summed E-state index contributed by atoms with van der Waals surface area (Å²) in [7, 11) is 0. The highest BCUT2D eigenvalue weighted by atomic mass is 16.1. The number of fused-ring (bicyclic) bond motifs is 1. The quantitative estimate of drug-likeness (QED) is 0.524. The third-order valence-electron chi connectivity index (χ3n) is 6.36. The summed E-state index contributed by atoms with van der Waals surface area (Å²) in [5, 5.41) is 13.8. The van der Waals surface area contributed by atoms with Crippen molar-refractivity contribution in [2.24, 2.45) is 5.92 Å². The zero-order valence-corrected chi connectivity index (χ0v) is 18.5. The van der Waals surface area contributed by atoms with Crippen molar-refractivity contribution >= 4 is 10.9 Å². The predicted octanol–water partition coefficient (Wildman–Crippen LogP) is 3.69. The SMILES string of the molecule is Cc1ccc2[nH]c(=O)c([C@H](c3nnnn3Cc3ccccc3)N3CCC[C@H](C)C3)cc2c1. The molecule has 1 aliphatic heterocycles. The average Bonchev–Trinajstić information content (AvgIpc) is 3.23. The van der Waals surface area contributed by atoms with E-state index in [1.807, 2.05) is 41.1 Å². The first-order valence-electron chi connectivity index (χ1n) is 11.3. The van der Waals surface area contributed by atoms with Crippen molar-refractivity contribution in [3.63, 3.8) is 0 Å². The Hall–Kier alpha value is -3.32. The smallest absolute Gasteiger partial charge is 0.253 e. The van der Waals surface area contributed by atoms with Gasteiger partial charge in [0, 0.05) is 17.6 Å². The van der Waals surface area contributed by atoms with Crippen molar-refractivity contribution in [3.05, 3.63) is 87.5 Å². The first kappa shape index (κ1) is 20.6. The molecule has 1 aliphatic rings. The number of hydrogen-bond donors (Lipinski definition) is 1. The molecular weight excluding hydrogens is 400 g/mol. The van der Waals surface area contributed by atoms with E-state index in [-0.39, 0.29) is 11.6 Å². The van der Waals surface area contributed by atoms with Gasteiger partial charge in [0.05, 0.1) is 6.54 Å². The van der Waals surface area contributed by atoms with Gasteiger partial charge in [0.2, 0.25) is 0 Å². The van der Waals surface area contributed by atoms with Crippen LogP contribution in [0.1, 0.15) is 48.3 Å². The summed E-state index contributed by atoms with van der Waals surface area (Å²) < 4.78 is 1.83. The summed E-state index contributed by atoms with van der Waals surface area (Å²) in [5.74, 6) is 1.27. The fourth-order valence-corrected chi connectivity index (χ4v) is 4.78. The van der Waals surface area contributed by atoms with E-state index in [0.29, 0.717) is 23.9 Å². The van der Waals surface area contributed by atoms with Gasteiger partial charge in [-0.1, -0.05) is 48.9 Å². The third-order valence-corrected chi connectivity index (χ3v) is 6.36. The van der Waals surface area contributed by atoms with Crippen LogP contribution in [0.3, 0.4) is 0 Å². The van der Waals surface area contributed by atoms with Gasteiger partial charge in [-0.05, 0) is 71.8 Å². The summed E-state index contributed by atoms with van der Waals surface area (Å²) in [5.41, 5.74) is 3.74. The molecule has 1 saturated heterocycles. The van der Waals surface area contributed by atoms with Gasteiger partial charge in [-0.3, -0.25) is 9.69 Å². The van der Waals surface area contributed by atoms with E-state index in [1.165, 1.54) is 6.42 Å². The highest BCUT2D eigenvalue weighted by molar-refractivity contribution is 5.79. The number of aryl methyl sites for hydroxylation is 1. The molecule has 0 saturated carbocycles. The van der Waals surface area contributed by atoms with Crippen LogP contribution >= 0.6 is 0 Å². The van der Waals surface area contributed by atoms with Gasteiger partial charge in [0.1, 0.15) is 6.04 Å². The van der Waals surface area contributed by atoms with E-state index in [4.69, 9.17) is 0 Å². The van der Waals surface area contributed by atoms with E-state index in [2.05, 4.69) is 57.5 Å². The molecule has 0 bridgehead atoms. The lowest BCUT2D eigenvalue weighted by Gasteiger charge is -2.36. The molecule has 2 aromatic heterocycles. The largest absolute Gasteiger partial charge is 0.322 e. The first-order chi connectivity index (χ1) is 15.6. The van der Waals surface area contributed by atoms with Crippen LogP contribution < -0.4 is 5.56 Å². The Bertz CT molecular complexity index is 1280. The van der Waals surface area contributed by atoms with Gasteiger partial charge < -0.3 is 4.98 Å². The normalized spacial score (nSPS) is 18.1. The number of nitrogens with one attached hydrogen (secondary N) is 1. The molecule has 2 aromatic carbocycles. The Morgan fingerprint density at radius 3 is 2.81 bits per heavy atom. The maximum Gasteiger partial charge on any atom is 0.253 e. The highest BCUT2D eigenvalue weighted by Crippen LogP contribution is 2.31. The van der Waals surface area contributed by atoms with Crippen molar-refractivity contribution in [2.45, 2.75) is 39.3 Å². The lowest BCUT2D eigenvalue weighted by Crippen LogP contribution is -2.41. The molecule has 7 nitrogen and oxygen atoms in total. The Morgan fingerprint density at radius 2 is 2.00 bits per heavy atom. The predicted molar refractivity (Wildman–Crippen MR) is 124 cm³/mol. The zero-order valence-electron chi connectivity index (χ0n) is 18.5. The number of piperidine rings is 1. The monoisotopic (exact) mass is 428 g/mol. The molecule has 7 heteroatoms. The Morgan fingerprint density at radius 1 is 1.16 bits per heavy atom. The molecule has 1 fully saturated rings. The number of pyridine rings is 1. The Labute approximate surface area is 187 Å². The third kappa shape index (κ3) is 4.08. The van der Waals surface area contributed by atoms with Crippen molar-refractivity contribution in [1.82, 2.24) is 30.1 Å².